The fourth-order valence-corrected chi connectivity index (χ4v) is 2.18. The van der Waals surface area contributed by atoms with Crippen molar-refractivity contribution in [2.45, 2.75) is 57.6 Å². The molecule has 1 aliphatic carbocycles. The Labute approximate surface area is 92.6 Å². The van der Waals surface area contributed by atoms with E-state index in [1.165, 1.54) is 0 Å². The molecule has 15 heavy (non-hydrogen) atoms. The average Bonchev–Trinajstić information content (AvgIpc) is 2.61. The highest BCUT2D eigenvalue weighted by Gasteiger charge is 2.39. The van der Waals surface area contributed by atoms with Crippen molar-refractivity contribution >= 4 is 0 Å². The zero-order valence-corrected chi connectivity index (χ0v) is 9.83. The van der Waals surface area contributed by atoms with Gasteiger partial charge in [0.15, 0.2) is 0 Å². The van der Waals surface area contributed by atoms with E-state index in [-0.39, 0.29) is 0 Å². The van der Waals surface area contributed by atoms with Crippen molar-refractivity contribution in [1.82, 2.24) is 0 Å². The van der Waals surface area contributed by atoms with Gasteiger partial charge in [0.05, 0.1) is 12.2 Å². The topological polar surface area (TPSA) is 59.0 Å². The molecule has 3 nitrogen and oxygen atoms in total. The first-order valence-corrected chi connectivity index (χ1v) is 5.94. The lowest BCUT2D eigenvalue weighted by molar-refractivity contribution is 0.0515. The Morgan fingerprint density at radius 1 is 1.67 bits per heavy atom. The van der Waals surface area contributed by atoms with Gasteiger partial charge in [-0.25, -0.2) is 0 Å². The second-order valence-electron chi connectivity index (χ2n) is 4.62. The lowest BCUT2D eigenvalue weighted by Crippen LogP contribution is -2.42. The predicted octanol–water partition coefficient (Wildman–Crippen LogP) is 2.21. The molecule has 0 spiro atoms. The first kappa shape index (κ1) is 12.5. The summed E-state index contributed by atoms with van der Waals surface area (Å²) in [7, 11) is 0. The van der Waals surface area contributed by atoms with Crippen LogP contribution >= 0.6 is 0 Å². The van der Waals surface area contributed by atoms with Crippen molar-refractivity contribution in [2.24, 2.45) is 11.7 Å². The van der Waals surface area contributed by atoms with Gasteiger partial charge in [-0.1, -0.05) is 13.3 Å². The molecule has 0 aliphatic heterocycles. The number of hydrogen-bond donors (Lipinski definition) is 1. The van der Waals surface area contributed by atoms with Gasteiger partial charge in [-0.2, -0.15) is 5.26 Å². The zero-order valence-electron chi connectivity index (χ0n) is 9.83. The van der Waals surface area contributed by atoms with E-state index < -0.39 is 5.54 Å². The van der Waals surface area contributed by atoms with Gasteiger partial charge in [-0.3, -0.25) is 0 Å². The molecule has 3 atom stereocenters. The monoisotopic (exact) mass is 210 g/mol. The Bertz CT molecular complexity index is 236. The van der Waals surface area contributed by atoms with Crippen LogP contribution in [0.5, 0.6) is 0 Å². The van der Waals surface area contributed by atoms with Gasteiger partial charge in [0.1, 0.15) is 5.54 Å². The van der Waals surface area contributed by atoms with Crippen molar-refractivity contribution in [3.8, 4) is 6.07 Å². The Kier molecular flexibility index (Phi) is 4.56. The zero-order chi connectivity index (χ0) is 11.3. The SMILES string of the molecule is CCC(C)OCCC1CCCC1(N)C#N. The van der Waals surface area contributed by atoms with Crippen LogP contribution in [0.25, 0.3) is 0 Å². The standard InChI is InChI=1S/C12H22N2O/c1-3-10(2)15-8-6-11-5-4-7-12(11,14)9-13/h10-11H,3-8,14H2,1-2H3. The van der Waals surface area contributed by atoms with Crippen LogP contribution in [0.15, 0.2) is 0 Å². The first-order valence-electron chi connectivity index (χ1n) is 5.94. The largest absolute Gasteiger partial charge is 0.379 e. The van der Waals surface area contributed by atoms with Crippen LogP contribution < -0.4 is 5.73 Å². The lowest BCUT2D eigenvalue weighted by atomic mass is 9.87. The molecule has 3 unspecified atom stereocenters. The second kappa shape index (κ2) is 5.48. The molecule has 0 aromatic heterocycles. The number of rotatable bonds is 5. The summed E-state index contributed by atoms with van der Waals surface area (Å²) in [4.78, 5) is 0. The van der Waals surface area contributed by atoms with E-state index in [9.17, 15) is 0 Å². The first-order chi connectivity index (χ1) is 7.12. The van der Waals surface area contributed by atoms with Gasteiger partial charge in [-0.05, 0) is 38.5 Å². The molecule has 1 saturated carbocycles. The summed E-state index contributed by atoms with van der Waals surface area (Å²) in [5.74, 6) is 0.326. The molecule has 0 bridgehead atoms. The van der Waals surface area contributed by atoms with Crippen LogP contribution in [0.3, 0.4) is 0 Å². The quantitative estimate of drug-likeness (QED) is 0.757. The Morgan fingerprint density at radius 2 is 2.40 bits per heavy atom. The summed E-state index contributed by atoms with van der Waals surface area (Å²) >= 11 is 0. The summed E-state index contributed by atoms with van der Waals surface area (Å²) in [5, 5.41) is 9.03. The molecule has 1 rings (SSSR count). The Hall–Kier alpha value is -0.590. The van der Waals surface area contributed by atoms with Gasteiger partial charge >= 0.3 is 0 Å². The van der Waals surface area contributed by atoms with Crippen molar-refractivity contribution in [3.05, 3.63) is 0 Å². The fourth-order valence-electron chi connectivity index (χ4n) is 2.18. The third-order valence-corrected chi connectivity index (χ3v) is 3.52. The molecule has 0 heterocycles. The smallest absolute Gasteiger partial charge is 0.107 e. The van der Waals surface area contributed by atoms with Crippen LogP contribution in [0.4, 0.5) is 0 Å². The number of nitrogens with two attached hydrogens (primary N) is 1. The molecule has 0 aromatic carbocycles. The molecular formula is C12H22N2O. The summed E-state index contributed by atoms with van der Waals surface area (Å²) in [6.07, 6.45) is 5.29. The average molecular weight is 210 g/mol. The molecule has 1 aliphatic rings. The van der Waals surface area contributed by atoms with E-state index in [2.05, 4.69) is 19.9 Å². The van der Waals surface area contributed by atoms with Crippen molar-refractivity contribution in [2.75, 3.05) is 6.61 Å². The van der Waals surface area contributed by atoms with E-state index in [1.54, 1.807) is 0 Å². The molecule has 0 saturated heterocycles. The third-order valence-electron chi connectivity index (χ3n) is 3.52. The van der Waals surface area contributed by atoms with E-state index in [1.807, 2.05) is 0 Å². The van der Waals surface area contributed by atoms with Crippen molar-refractivity contribution in [1.29, 1.82) is 5.26 Å². The van der Waals surface area contributed by atoms with E-state index in [0.29, 0.717) is 12.0 Å². The van der Waals surface area contributed by atoms with Gasteiger partial charge in [0, 0.05) is 6.61 Å². The minimum atomic E-state index is -0.585. The molecule has 0 amide bonds. The highest BCUT2D eigenvalue weighted by molar-refractivity contribution is 5.11. The molecule has 86 valence electrons. The summed E-state index contributed by atoms with van der Waals surface area (Å²) in [5.41, 5.74) is 5.45. The fraction of sp³-hybridized carbons (Fsp3) is 0.917. The van der Waals surface area contributed by atoms with Gasteiger partial charge in [0.25, 0.3) is 0 Å². The number of nitrogens with zero attached hydrogens (tertiary/aromatic N) is 1. The molecular weight excluding hydrogens is 188 g/mol. The van der Waals surface area contributed by atoms with Gasteiger partial charge in [-0.15, -0.1) is 0 Å². The van der Waals surface area contributed by atoms with Gasteiger partial charge in [0.2, 0.25) is 0 Å². The maximum atomic E-state index is 9.03. The number of nitriles is 1. The van der Waals surface area contributed by atoms with Gasteiger partial charge < -0.3 is 10.5 Å². The predicted molar refractivity (Wildman–Crippen MR) is 60.2 cm³/mol. The van der Waals surface area contributed by atoms with Crippen LogP contribution in [-0.2, 0) is 4.74 Å². The van der Waals surface area contributed by atoms with Crippen molar-refractivity contribution in [3.63, 3.8) is 0 Å². The van der Waals surface area contributed by atoms with Crippen LogP contribution in [0, 0.1) is 17.2 Å². The minimum absolute atomic E-state index is 0.320. The molecule has 0 radical (unpaired) electrons. The number of ether oxygens (including phenoxy) is 1. The van der Waals surface area contributed by atoms with Crippen LogP contribution in [0.2, 0.25) is 0 Å². The second-order valence-corrected chi connectivity index (χ2v) is 4.62. The lowest BCUT2D eigenvalue weighted by Gasteiger charge is -2.24. The Morgan fingerprint density at radius 3 is 3.00 bits per heavy atom. The maximum absolute atomic E-state index is 9.03. The van der Waals surface area contributed by atoms with Crippen LogP contribution in [-0.4, -0.2) is 18.2 Å². The molecule has 0 aromatic rings. The summed E-state index contributed by atoms with van der Waals surface area (Å²) in [6.45, 7) is 4.93. The maximum Gasteiger partial charge on any atom is 0.107 e. The minimum Gasteiger partial charge on any atom is -0.379 e. The van der Waals surface area contributed by atoms with E-state index in [4.69, 9.17) is 15.7 Å². The third kappa shape index (κ3) is 3.19. The summed E-state index contributed by atoms with van der Waals surface area (Å²) in [6, 6.07) is 2.26. The normalized spacial score (nSPS) is 32.5. The van der Waals surface area contributed by atoms with E-state index >= 15 is 0 Å². The van der Waals surface area contributed by atoms with E-state index in [0.717, 1.165) is 38.7 Å². The highest BCUT2D eigenvalue weighted by Crippen LogP contribution is 2.35. The molecule has 1 fully saturated rings. The summed E-state index contributed by atoms with van der Waals surface area (Å²) < 4.78 is 5.63. The molecule has 2 N–H and O–H groups in total. The Balaban J connectivity index is 2.30. The highest BCUT2D eigenvalue weighted by atomic mass is 16.5. The van der Waals surface area contributed by atoms with Crippen molar-refractivity contribution < 1.29 is 4.74 Å². The number of hydrogen-bond acceptors (Lipinski definition) is 3. The molecule has 3 heteroatoms. The van der Waals surface area contributed by atoms with Crippen LogP contribution in [0.1, 0.15) is 46.0 Å².